The number of primary amides is 1. The predicted octanol–water partition coefficient (Wildman–Crippen LogP) is 1.01. The van der Waals surface area contributed by atoms with Crippen LogP contribution in [0.2, 0.25) is 5.02 Å². The lowest BCUT2D eigenvalue weighted by atomic mass is 10.2. The molecule has 0 heterocycles. The Morgan fingerprint density at radius 2 is 2.23 bits per heavy atom. The number of benzene rings is 1. The highest BCUT2D eigenvalue weighted by Gasteiger charge is 2.06. The van der Waals surface area contributed by atoms with Gasteiger partial charge < -0.3 is 11.1 Å². The summed E-state index contributed by atoms with van der Waals surface area (Å²) in [6.07, 6.45) is 0.508. The molecule has 13 heavy (non-hydrogen) atoms. The first-order chi connectivity index (χ1) is 6.15. The lowest BCUT2D eigenvalue weighted by molar-refractivity contribution is -0.105. The van der Waals surface area contributed by atoms with Crippen LogP contribution in [0.25, 0.3) is 0 Å². The highest BCUT2D eigenvalue weighted by Crippen LogP contribution is 2.19. The SMILES string of the molecule is NC(=O)c1cc(NC=O)ccc1Cl. The van der Waals surface area contributed by atoms with E-state index in [9.17, 15) is 9.59 Å². The number of carbonyl (C=O) groups is 2. The van der Waals surface area contributed by atoms with Crippen LogP contribution in [0.4, 0.5) is 5.69 Å². The van der Waals surface area contributed by atoms with Gasteiger partial charge in [0.25, 0.3) is 0 Å². The molecule has 1 rings (SSSR count). The van der Waals surface area contributed by atoms with Gasteiger partial charge in [-0.05, 0) is 18.2 Å². The summed E-state index contributed by atoms with van der Waals surface area (Å²) in [6.45, 7) is 0. The summed E-state index contributed by atoms with van der Waals surface area (Å²) in [5, 5.41) is 2.65. The largest absolute Gasteiger partial charge is 0.366 e. The van der Waals surface area contributed by atoms with E-state index >= 15 is 0 Å². The van der Waals surface area contributed by atoms with Gasteiger partial charge in [-0.3, -0.25) is 9.59 Å². The molecule has 0 spiro atoms. The molecule has 4 nitrogen and oxygen atoms in total. The molecule has 0 aliphatic rings. The van der Waals surface area contributed by atoms with Gasteiger partial charge in [-0.25, -0.2) is 0 Å². The summed E-state index contributed by atoms with van der Waals surface area (Å²) < 4.78 is 0. The normalized spacial score (nSPS) is 9.31. The van der Waals surface area contributed by atoms with Gasteiger partial charge in [0, 0.05) is 5.69 Å². The van der Waals surface area contributed by atoms with E-state index in [1.807, 2.05) is 0 Å². The molecular formula is C8H7ClN2O2. The fourth-order valence-electron chi connectivity index (χ4n) is 0.872. The van der Waals surface area contributed by atoms with Gasteiger partial charge in [0.2, 0.25) is 12.3 Å². The fourth-order valence-corrected chi connectivity index (χ4v) is 1.08. The van der Waals surface area contributed by atoms with E-state index in [1.54, 1.807) is 6.07 Å². The Kier molecular flexibility index (Phi) is 2.87. The van der Waals surface area contributed by atoms with Crippen molar-refractivity contribution in [1.82, 2.24) is 0 Å². The third kappa shape index (κ3) is 2.19. The molecule has 0 aliphatic carbocycles. The average Bonchev–Trinajstić information content (AvgIpc) is 2.08. The molecule has 0 atom stereocenters. The third-order valence-corrected chi connectivity index (χ3v) is 1.79. The van der Waals surface area contributed by atoms with Crippen molar-refractivity contribution in [3.05, 3.63) is 28.8 Å². The number of anilines is 1. The van der Waals surface area contributed by atoms with E-state index < -0.39 is 5.91 Å². The van der Waals surface area contributed by atoms with Crippen LogP contribution in [-0.4, -0.2) is 12.3 Å². The summed E-state index contributed by atoms with van der Waals surface area (Å²) in [6, 6.07) is 4.48. The second-order valence-corrected chi connectivity index (χ2v) is 2.73. The quantitative estimate of drug-likeness (QED) is 0.712. The molecule has 2 amide bonds. The van der Waals surface area contributed by atoms with E-state index in [0.29, 0.717) is 12.1 Å². The molecule has 0 aromatic heterocycles. The molecule has 0 saturated heterocycles. The molecule has 0 unspecified atom stereocenters. The standard InChI is InChI=1S/C8H7ClN2O2/c9-7-2-1-5(11-4-12)3-6(7)8(10)13/h1-4H,(H2,10,13)(H,11,12). The van der Waals surface area contributed by atoms with Gasteiger partial charge in [0.1, 0.15) is 0 Å². The Morgan fingerprint density at radius 3 is 2.77 bits per heavy atom. The Morgan fingerprint density at radius 1 is 1.54 bits per heavy atom. The van der Waals surface area contributed by atoms with Crippen molar-refractivity contribution in [2.75, 3.05) is 5.32 Å². The molecule has 0 radical (unpaired) electrons. The van der Waals surface area contributed by atoms with Gasteiger partial charge in [-0.1, -0.05) is 11.6 Å². The number of rotatable bonds is 3. The molecule has 3 N–H and O–H groups in total. The first-order valence-corrected chi connectivity index (χ1v) is 3.82. The highest BCUT2D eigenvalue weighted by molar-refractivity contribution is 6.33. The second kappa shape index (κ2) is 3.91. The van der Waals surface area contributed by atoms with Crippen LogP contribution >= 0.6 is 11.6 Å². The van der Waals surface area contributed by atoms with Crippen molar-refractivity contribution in [3.63, 3.8) is 0 Å². The second-order valence-electron chi connectivity index (χ2n) is 2.32. The van der Waals surface area contributed by atoms with Gasteiger partial charge in [-0.15, -0.1) is 0 Å². The monoisotopic (exact) mass is 198 g/mol. The molecule has 5 heteroatoms. The first-order valence-electron chi connectivity index (χ1n) is 3.44. The van der Waals surface area contributed by atoms with Gasteiger partial charge in [-0.2, -0.15) is 0 Å². The van der Waals surface area contributed by atoms with Crippen LogP contribution in [0, 0.1) is 0 Å². The first kappa shape index (κ1) is 9.54. The lowest BCUT2D eigenvalue weighted by Crippen LogP contribution is -2.12. The zero-order valence-corrected chi connectivity index (χ0v) is 7.34. The molecule has 1 aromatic rings. The van der Waals surface area contributed by atoms with Crippen molar-refractivity contribution in [1.29, 1.82) is 0 Å². The third-order valence-electron chi connectivity index (χ3n) is 1.46. The maximum Gasteiger partial charge on any atom is 0.250 e. The maximum absolute atomic E-state index is 10.8. The molecule has 0 saturated carbocycles. The summed E-state index contributed by atoms with van der Waals surface area (Å²) in [7, 11) is 0. The van der Waals surface area contributed by atoms with Gasteiger partial charge in [0.15, 0.2) is 0 Å². The number of carbonyl (C=O) groups excluding carboxylic acids is 2. The number of amides is 2. The van der Waals surface area contributed by atoms with Crippen LogP contribution in [0.3, 0.4) is 0 Å². The molecule has 0 bridgehead atoms. The highest BCUT2D eigenvalue weighted by atomic mass is 35.5. The van der Waals surface area contributed by atoms with E-state index in [-0.39, 0.29) is 10.6 Å². The summed E-state index contributed by atoms with van der Waals surface area (Å²) in [5.41, 5.74) is 5.71. The lowest BCUT2D eigenvalue weighted by Gasteiger charge is -2.02. The predicted molar refractivity (Wildman–Crippen MR) is 49.7 cm³/mol. The van der Waals surface area contributed by atoms with E-state index in [2.05, 4.69) is 5.32 Å². The Hall–Kier alpha value is -1.55. The molecular weight excluding hydrogens is 192 g/mol. The van der Waals surface area contributed by atoms with E-state index in [1.165, 1.54) is 12.1 Å². The number of hydrogen-bond donors (Lipinski definition) is 2. The molecule has 1 aromatic carbocycles. The minimum Gasteiger partial charge on any atom is -0.366 e. The van der Waals surface area contributed by atoms with E-state index in [4.69, 9.17) is 17.3 Å². The van der Waals surface area contributed by atoms with Crippen LogP contribution in [-0.2, 0) is 4.79 Å². The zero-order chi connectivity index (χ0) is 9.84. The fraction of sp³-hybridized carbons (Fsp3) is 0. The van der Waals surface area contributed by atoms with E-state index in [0.717, 1.165) is 0 Å². The number of halogens is 1. The molecule has 0 aliphatic heterocycles. The summed E-state index contributed by atoms with van der Waals surface area (Å²) >= 11 is 5.67. The molecule has 68 valence electrons. The summed E-state index contributed by atoms with van der Waals surface area (Å²) in [5.74, 6) is -0.625. The Labute approximate surface area is 79.7 Å². The minimum absolute atomic E-state index is 0.188. The summed E-state index contributed by atoms with van der Waals surface area (Å²) in [4.78, 5) is 20.9. The maximum atomic E-state index is 10.8. The van der Waals surface area contributed by atoms with Crippen molar-refractivity contribution >= 4 is 29.6 Å². The topological polar surface area (TPSA) is 72.2 Å². The van der Waals surface area contributed by atoms with Gasteiger partial charge in [0.05, 0.1) is 10.6 Å². The minimum atomic E-state index is -0.625. The Bertz CT molecular complexity index is 352. The van der Waals surface area contributed by atoms with Crippen molar-refractivity contribution < 1.29 is 9.59 Å². The Balaban J connectivity index is 3.10. The zero-order valence-electron chi connectivity index (χ0n) is 6.58. The van der Waals surface area contributed by atoms with Crippen LogP contribution in [0.5, 0.6) is 0 Å². The van der Waals surface area contributed by atoms with Crippen LogP contribution in [0.15, 0.2) is 18.2 Å². The van der Waals surface area contributed by atoms with Crippen LogP contribution in [0.1, 0.15) is 10.4 Å². The van der Waals surface area contributed by atoms with Crippen molar-refractivity contribution in [3.8, 4) is 0 Å². The number of nitrogens with one attached hydrogen (secondary N) is 1. The van der Waals surface area contributed by atoms with Crippen molar-refractivity contribution in [2.24, 2.45) is 5.73 Å². The average molecular weight is 199 g/mol. The number of hydrogen-bond acceptors (Lipinski definition) is 2. The van der Waals surface area contributed by atoms with Gasteiger partial charge >= 0.3 is 0 Å². The van der Waals surface area contributed by atoms with Crippen LogP contribution < -0.4 is 11.1 Å². The molecule has 0 fully saturated rings. The number of nitrogens with two attached hydrogens (primary N) is 1. The smallest absolute Gasteiger partial charge is 0.250 e. The van der Waals surface area contributed by atoms with Crippen molar-refractivity contribution in [2.45, 2.75) is 0 Å².